The molecular weight excluding hydrogens is 260 g/mol. The zero-order valence-corrected chi connectivity index (χ0v) is 11.8. The van der Waals surface area contributed by atoms with Crippen LogP contribution in [0.25, 0.3) is 0 Å². The second kappa shape index (κ2) is 6.45. The molecule has 1 heterocycles. The number of hydrogen-bond acceptors (Lipinski definition) is 5. The summed E-state index contributed by atoms with van der Waals surface area (Å²) in [6.07, 6.45) is 0. The molecule has 0 aliphatic heterocycles. The van der Waals surface area contributed by atoms with E-state index in [0.717, 1.165) is 24.3 Å². The van der Waals surface area contributed by atoms with Gasteiger partial charge in [0.1, 0.15) is 0 Å². The van der Waals surface area contributed by atoms with Crippen molar-refractivity contribution in [1.29, 1.82) is 0 Å². The number of aryl methyl sites for hydroxylation is 1. The molecule has 0 aliphatic carbocycles. The first kappa shape index (κ1) is 13.7. The average Bonchev–Trinajstić information content (AvgIpc) is 2.84. The number of hydrogen-bond donors (Lipinski definition) is 1. The molecular formula is C14H16N2O2S. The van der Waals surface area contributed by atoms with Crippen LogP contribution in [0.15, 0.2) is 29.8 Å². The first-order chi connectivity index (χ1) is 9.20. The maximum atomic E-state index is 11.3. The van der Waals surface area contributed by atoms with Crippen molar-refractivity contribution in [3.8, 4) is 0 Å². The molecule has 4 nitrogen and oxygen atoms in total. The van der Waals surface area contributed by atoms with Crippen LogP contribution in [0, 0.1) is 6.92 Å². The third kappa shape index (κ3) is 3.62. The number of nitrogens with one attached hydrogen (secondary N) is 1. The highest BCUT2D eigenvalue weighted by Crippen LogP contribution is 2.12. The van der Waals surface area contributed by atoms with Crippen LogP contribution in [-0.2, 0) is 17.8 Å². The van der Waals surface area contributed by atoms with Crippen LogP contribution in [0.3, 0.4) is 0 Å². The highest BCUT2D eigenvalue weighted by molar-refractivity contribution is 7.09. The number of carbonyl (C=O) groups excluding carboxylic acids is 1. The van der Waals surface area contributed by atoms with Crippen LogP contribution < -0.4 is 5.32 Å². The number of methoxy groups -OCH3 is 1. The molecule has 0 saturated carbocycles. The fourth-order valence-electron chi connectivity index (χ4n) is 1.69. The Bertz CT molecular complexity index is 549. The van der Waals surface area contributed by atoms with Crippen LogP contribution in [0.5, 0.6) is 0 Å². The van der Waals surface area contributed by atoms with Crippen molar-refractivity contribution >= 4 is 17.3 Å². The summed E-state index contributed by atoms with van der Waals surface area (Å²) in [5.74, 6) is -0.306. The lowest BCUT2D eigenvalue weighted by Gasteiger charge is -2.05. The van der Waals surface area contributed by atoms with Gasteiger partial charge in [-0.3, -0.25) is 0 Å². The van der Waals surface area contributed by atoms with E-state index in [9.17, 15) is 4.79 Å². The van der Waals surface area contributed by atoms with E-state index in [-0.39, 0.29) is 5.97 Å². The summed E-state index contributed by atoms with van der Waals surface area (Å²) >= 11 is 1.66. The van der Waals surface area contributed by atoms with Gasteiger partial charge in [-0.1, -0.05) is 12.1 Å². The Labute approximate surface area is 116 Å². The first-order valence-electron chi connectivity index (χ1n) is 5.97. The highest BCUT2D eigenvalue weighted by atomic mass is 32.1. The number of aromatic nitrogens is 1. The summed E-state index contributed by atoms with van der Waals surface area (Å²) in [5, 5.41) is 3.36. The Morgan fingerprint density at radius 1 is 1.32 bits per heavy atom. The lowest BCUT2D eigenvalue weighted by atomic mass is 10.1. The van der Waals surface area contributed by atoms with E-state index in [1.54, 1.807) is 23.5 Å². The minimum Gasteiger partial charge on any atom is -0.465 e. The lowest BCUT2D eigenvalue weighted by molar-refractivity contribution is 0.0600. The molecule has 5 heteroatoms. The summed E-state index contributed by atoms with van der Waals surface area (Å²) in [6, 6.07) is 7.42. The number of thiazole rings is 1. The number of rotatable bonds is 5. The first-order valence-corrected chi connectivity index (χ1v) is 6.85. The molecule has 100 valence electrons. The van der Waals surface area contributed by atoms with Gasteiger partial charge in [-0.25, -0.2) is 9.78 Å². The smallest absolute Gasteiger partial charge is 0.337 e. The fraction of sp³-hybridized carbons (Fsp3) is 0.286. The van der Waals surface area contributed by atoms with Crippen molar-refractivity contribution in [3.63, 3.8) is 0 Å². The molecule has 1 aromatic carbocycles. The van der Waals surface area contributed by atoms with E-state index in [1.165, 1.54) is 12.0 Å². The van der Waals surface area contributed by atoms with Crippen LogP contribution in [0.2, 0.25) is 0 Å². The molecule has 19 heavy (non-hydrogen) atoms. The van der Waals surface area contributed by atoms with Crippen molar-refractivity contribution in [2.24, 2.45) is 0 Å². The Balaban J connectivity index is 1.86. The minimum absolute atomic E-state index is 0.306. The summed E-state index contributed by atoms with van der Waals surface area (Å²) in [5.41, 5.74) is 4.65. The van der Waals surface area contributed by atoms with Crippen molar-refractivity contribution in [2.45, 2.75) is 20.0 Å². The van der Waals surface area contributed by atoms with Gasteiger partial charge in [0.15, 0.2) is 0 Å². The average molecular weight is 276 g/mol. The second-order valence-corrected chi connectivity index (χ2v) is 5.09. The van der Waals surface area contributed by atoms with Crippen molar-refractivity contribution in [2.75, 3.05) is 7.11 Å². The normalized spacial score (nSPS) is 10.4. The number of ether oxygens (including phenoxy) is 1. The molecule has 0 amide bonds. The van der Waals surface area contributed by atoms with Gasteiger partial charge in [0.25, 0.3) is 0 Å². The van der Waals surface area contributed by atoms with Gasteiger partial charge in [-0.15, -0.1) is 11.3 Å². The Hall–Kier alpha value is -1.72. The molecule has 1 N–H and O–H groups in total. The number of nitrogens with zero attached hydrogens (tertiary/aromatic N) is 1. The monoisotopic (exact) mass is 276 g/mol. The van der Waals surface area contributed by atoms with E-state index >= 15 is 0 Å². The fourth-order valence-corrected chi connectivity index (χ4v) is 2.44. The van der Waals surface area contributed by atoms with Gasteiger partial charge < -0.3 is 10.1 Å². The van der Waals surface area contributed by atoms with Gasteiger partial charge in [0.05, 0.1) is 23.9 Å². The van der Waals surface area contributed by atoms with Crippen molar-refractivity contribution < 1.29 is 9.53 Å². The molecule has 2 rings (SSSR count). The van der Waals surface area contributed by atoms with Gasteiger partial charge >= 0.3 is 5.97 Å². The van der Waals surface area contributed by atoms with Crippen LogP contribution in [0.1, 0.15) is 26.5 Å². The zero-order valence-electron chi connectivity index (χ0n) is 11.0. The quantitative estimate of drug-likeness (QED) is 0.853. The molecule has 0 saturated heterocycles. The third-order valence-corrected chi connectivity index (χ3v) is 3.77. The third-order valence-electron chi connectivity index (χ3n) is 2.83. The topological polar surface area (TPSA) is 51.2 Å². The van der Waals surface area contributed by atoms with Crippen LogP contribution in [0.4, 0.5) is 0 Å². The second-order valence-electron chi connectivity index (χ2n) is 4.15. The summed E-state index contributed by atoms with van der Waals surface area (Å²) in [6.45, 7) is 3.59. The molecule has 2 aromatic rings. The molecule has 0 fully saturated rings. The Morgan fingerprint density at radius 2 is 2.05 bits per heavy atom. The molecule has 0 bridgehead atoms. The standard InChI is InChI=1S/C14H16N2O2S/c1-10-13(19-9-16-10)8-15-7-11-3-5-12(6-4-11)14(17)18-2/h3-6,9,15H,7-8H2,1-2H3. The maximum Gasteiger partial charge on any atom is 0.337 e. The summed E-state index contributed by atoms with van der Waals surface area (Å²) < 4.78 is 4.66. The van der Waals surface area contributed by atoms with E-state index in [0.29, 0.717) is 5.56 Å². The van der Waals surface area contributed by atoms with Gasteiger partial charge in [-0.2, -0.15) is 0 Å². The minimum atomic E-state index is -0.306. The SMILES string of the molecule is COC(=O)c1ccc(CNCc2scnc2C)cc1. The summed E-state index contributed by atoms with van der Waals surface area (Å²) in [7, 11) is 1.38. The zero-order chi connectivity index (χ0) is 13.7. The van der Waals surface area contributed by atoms with E-state index in [4.69, 9.17) is 0 Å². The molecule has 0 radical (unpaired) electrons. The van der Waals surface area contributed by atoms with Gasteiger partial charge in [0, 0.05) is 18.0 Å². The van der Waals surface area contributed by atoms with Crippen LogP contribution >= 0.6 is 11.3 Å². The highest BCUT2D eigenvalue weighted by Gasteiger charge is 2.04. The Kier molecular flexibility index (Phi) is 4.65. The number of esters is 1. The molecule has 0 aliphatic rings. The van der Waals surface area contributed by atoms with E-state index in [2.05, 4.69) is 15.0 Å². The number of benzene rings is 1. The van der Waals surface area contributed by atoms with Gasteiger partial charge in [-0.05, 0) is 24.6 Å². The van der Waals surface area contributed by atoms with E-state index in [1.807, 2.05) is 24.6 Å². The Morgan fingerprint density at radius 3 is 2.63 bits per heavy atom. The van der Waals surface area contributed by atoms with Crippen molar-refractivity contribution in [1.82, 2.24) is 10.3 Å². The van der Waals surface area contributed by atoms with Crippen LogP contribution in [-0.4, -0.2) is 18.1 Å². The molecule has 0 spiro atoms. The molecule has 0 unspecified atom stereocenters. The molecule has 1 aromatic heterocycles. The summed E-state index contributed by atoms with van der Waals surface area (Å²) in [4.78, 5) is 16.8. The van der Waals surface area contributed by atoms with Gasteiger partial charge in [0.2, 0.25) is 0 Å². The predicted octanol–water partition coefficient (Wildman–Crippen LogP) is 2.53. The maximum absolute atomic E-state index is 11.3. The number of carbonyl (C=O) groups is 1. The lowest BCUT2D eigenvalue weighted by Crippen LogP contribution is -2.12. The predicted molar refractivity (Wildman–Crippen MR) is 75.2 cm³/mol. The van der Waals surface area contributed by atoms with E-state index < -0.39 is 0 Å². The molecule has 0 atom stereocenters. The van der Waals surface area contributed by atoms with Crippen molar-refractivity contribution in [3.05, 3.63) is 51.5 Å². The largest absolute Gasteiger partial charge is 0.465 e.